The highest BCUT2D eigenvalue weighted by Crippen LogP contribution is 2.67. The van der Waals surface area contributed by atoms with E-state index in [0.717, 1.165) is 44.9 Å². The van der Waals surface area contributed by atoms with Gasteiger partial charge in [-0.05, 0) is 74.5 Å². The van der Waals surface area contributed by atoms with Gasteiger partial charge in [-0.15, -0.1) is 0 Å². The topological polar surface area (TPSA) is 54.4 Å². The van der Waals surface area contributed by atoms with E-state index >= 15 is 0 Å². The molecule has 3 nitrogen and oxygen atoms in total. The van der Waals surface area contributed by atoms with Gasteiger partial charge in [0.25, 0.3) is 0 Å². The third-order valence-corrected chi connectivity index (χ3v) is 9.08. The Bertz CT molecular complexity index is 569. The van der Waals surface area contributed by atoms with Crippen LogP contribution in [-0.4, -0.2) is 22.8 Å². The first-order chi connectivity index (χ1) is 11.3. The van der Waals surface area contributed by atoms with E-state index in [9.17, 15) is 14.7 Å². The quantitative estimate of drug-likeness (QED) is 0.795. The number of rotatable bonds is 1. The molecular formula is C21H32O3. The van der Waals surface area contributed by atoms with Crippen molar-refractivity contribution in [1.29, 1.82) is 0 Å². The zero-order chi connectivity index (χ0) is 17.3. The van der Waals surface area contributed by atoms with Gasteiger partial charge < -0.3 is 5.11 Å². The largest absolute Gasteiger partial charge is 0.393 e. The van der Waals surface area contributed by atoms with Gasteiger partial charge in [0.05, 0.1) is 6.10 Å². The molecule has 3 heteroatoms. The summed E-state index contributed by atoms with van der Waals surface area (Å²) >= 11 is 0. The number of aliphatic hydroxyl groups excluding tert-OH is 1. The Hall–Kier alpha value is -0.700. The fourth-order valence-electron chi connectivity index (χ4n) is 7.67. The van der Waals surface area contributed by atoms with Crippen molar-refractivity contribution in [3.8, 4) is 0 Å². The summed E-state index contributed by atoms with van der Waals surface area (Å²) in [6.45, 7) is 6.30. The van der Waals surface area contributed by atoms with Crippen molar-refractivity contribution in [3.63, 3.8) is 0 Å². The van der Waals surface area contributed by atoms with E-state index in [1.54, 1.807) is 6.92 Å². The number of Topliss-reactive ketones (excluding diaryl/α,β-unsaturated/α-hetero) is 2. The van der Waals surface area contributed by atoms with Crippen LogP contribution in [-0.2, 0) is 9.59 Å². The van der Waals surface area contributed by atoms with Crippen molar-refractivity contribution < 1.29 is 14.7 Å². The lowest BCUT2D eigenvalue weighted by molar-refractivity contribution is -0.170. The molecule has 0 aromatic rings. The number of carbonyl (C=O) groups excluding carboxylic acids is 2. The molecule has 0 unspecified atom stereocenters. The summed E-state index contributed by atoms with van der Waals surface area (Å²) in [5.74, 6) is 2.91. The summed E-state index contributed by atoms with van der Waals surface area (Å²) < 4.78 is 0. The lowest BCUT2D eigenvalue weighted by Crippen LogP contribution is -2.58. The third-order valence-electron chi connectivity index (χ3n) is 9.08. The lowest BCUT2D eigenvalue weighted by atomic mass is 9.44. The Balaban J connectivity index is 1.67. The molecule has 4 fully saturated rings. The molecule has 24 heavy (non-hydrogen) atoms. The molecule has 0 bridgehead atoms. The smallest absolute Gasteiger partial charge is 0.133 e. The minimum Gasteiger partial charge on any atom is -0.393 e. The highest BCUT2D eigenvalue weighted by Gasteiger charge is 2.63. The Kier molecular flexibility index (Phi) is 3.77. The molecule has 0 radical (unpaired) electrons. The molecule has 0 aliphatic heterocycles. The first-order valence-electron chi connectivity index (χ1n) is 9.98. The molecule has 0 aromatic heterocycles. The van der Waals surface area contributed by atoms with Crippen molar-refractivity contribution >= 4 is 11.6 Å². The van der Waals surface area contributed by atoms with Crippen LogP contribution in [0.4, 0.5) is 0 Å². The maximum atomic E-state index is 12.2. The fraction of sp³-hybridized carbons (Fsp3) is 0.905. The van der Waals surface area contributed by atoms with E-state index < -0.39 is 0 Å². The Labute approximate surface area is 145 Å². The van der Waals surface area contributed by atoms with Crippen LogP contribution < -0.4 is 0 Å². The monoisotopic (exact) mass is 332 g/mol. The normalized spacial score (nSPS) is 53.9. The number of carbonyl (C=O) groups is 2. The highest BCUT2D eigenvalue weighted by atomic mass is 16.3. The van der Waals surface area contributed by atoms with Crippen molar-refractivity contribution in [2.45, 2.75) is 78.2 Å². The van der Waals surface area contributed by atoms with Crippen LogP contribution in [0.2, 0.25) is 0 Å². The van der Waals surface area contributed by atoms with Crippen LogP contribution in [0.25, 0.3) is 0 Å². The van der Waals surface area contributed by atoms with Gasteiger partial charge in [-0.1, -0.05) is 13.8 Å². The SMILES string of the molecule is CC(=O)[C@H]1CC[C@H]2[C@@H]3CC[C@H]4CC(=O)CC[C@]4(C)[C@H]3C[C@@H](O)[C@]12C. The molecule has 134 valence electrons. The van der Waals surface area contributed by atoms with Gasteiger partial charge in [0, 0.05) is 24.2 Å². The molecule has 0 heterocycles. The predicted octanol–water partition coefficient (Wildman–Crippen LogP) is 3.77. The summed E-state index contributed by atoms with van der Waals surface area (Å²) in [7, 11) is 0. The van der Waals surface area contributed by atoms with Gasteiger partial charge >= 0.3 is 0 Å². The average molecular weight is 332 g/mol. The van der Waals surface area contributed by atoms with E-state index in [1.807, 2.05) is 0 Å². The number of aliphatic hydroxyl groups is 1. The lowest BCUT2D eigenvalue weighted by Gasteiger charge is -2.61. The molecule has 4 rings (SSSR count). The van der Waals surface area contributed by atoms with Crippen molar-refractivity contribution in [2.24, 2.45) is 40.4 Å². The maximum absolute atomic E-state index is 12.2. The van der Waals surface area contributed by atoms with E-state index in [1.165, 1.54) is 6.42 Å². The fourth-order valence-corrected chi connectivity index (χ4v) is 7.67. The van der Waals surface area contributed by atoms with Crippen LogP contribution in [0.5, 0.6) is 0 Å². The van der Waals surface area contributed by atoms with Crippen LogP contribution >= 0.6 is 0 Å². The molecule has 0 amide bonds. The third kappa shape index (κ3) is 2.06. The molecule has 0 saturated heterocycles. The predicted molar refractivity (Wildman–Crippen MR) is 92.3 cm³/mol. The zero-order valence-corrected chi connectivity index (χ0v) is 15.4. The van der Waals surface area contributed by atoms with Crippen LogP contribution in [0.3, 0.4) is 0 Å². The zero-order valence-electron chi connectivity index (χ0n) is 15.4. The number of hydrogen-bond donors (Lipinski definition) is 1. The second-order valence-corrected chi connectivity index (χ2v) is 9.76. The summed E-state index contributed by atoms with van der Waals surface area (Å²) in [5.41, 5.74) is -0.00582. The van der Waals surface area contributed by atoms with Gasteiger partial charge in [-0.2, -0.15) is 0 Å². The Morgan fingerprint density at radius 3 is 2.58 bits per heavy atom. The van der Waals surface area contributed by atoms with Gasteiger partial charge in [0.2, 0.25) is 0 Å². The highest BCUT2D eigenvalue weighted by molar-refractivity contribution is 5.80. The summed E-state index contributed by atoms with van der Waals surface area (Å²) in [4.78, 5) is 24.1. The van der Waals surface area contributed by atoms with Crippen LogP contribution in [0, 0.1) is 40.4 Å². The Morgan fingerprint density at radius 1 is 1.12 bits per heavy atom. The number of fused-ring (bicyclic) bond motifs is 5. The first-order valence-corrected chi connectivity index (χ1v) is 9.98. The van der Waals surface area contributed by atoms with E-state index in [0.29, 0.717) is 29.5 Å². The van der Waals surface area contributed by atoms with Gasteiger partial charge in [0.1, 0.15) is 11.6 Å². The van der Waals surface area contributed by atoms with Gasteiger partial charge in [-0.25, -0.2) is 0 Å². The minimum atomic E-state index is -0.367. The van der Waals surface area contributed by atoms with Crippen molar-refractivity contribution in [1.82, 2.24) is 0 Å². The summed E-state index contributed by atoms with van der Waals surface area (Å²) in [6, 6.07) is 0. The molecule has 4 aliphatic carbocycles. The molecular weight excluding hydrogens is 300 g/mol. The van der Waals surface area contributed by atoms with Crippen LogP contribution in [0.15, 0.2) is 0 Å². The number of hydrogen-bond acceptors (Lipinski definition) is 3. The van der Waals surface area contributed by atoms with E-state index in [4.69, 9.17) is 0 Å². The van der Waals surface area contributed by atoms with Crippen molar-refractivity contribution in [3.05, 3.63) is 0 Å². The second kappa shape index (κ2) is 5.40. The molecule has 8 atom stereocenters. The standard InChI is InChI=1S/C21H32O3/c1-12(22)16-6-7-17-15-5-4-13-10-14(23)8-9-20(13,2)18(15)11-19(24)21(16,17)3/h13,15-19,24H,4-11H2,1-3H3/t13-,15-,16+,17-,18-,19+,20-,21+/m0/s1. The molecule has 0 aromatic carbocycles. The summed E-state index contributed by atoms with van der Waals surface area (Å²) in [6.07, 6.45) is 7.36. The Morgan fingerprint density at radius 2 is 1.88 bits per heavy atom. The van der Waals surface area contributed by atoms with Gasteiger partial charge in [-0.3, -0.25) is 9.59 Å². The van der Waals surface area contributed by atoms with Crippen LogP contribution in [0.1, 0.15) is 72.1 Å². The molecule has 1 N–H and O–H groups in total. The maximum Gasteiger partial charge on any atom is 0.133 e. The second-order valence-electron chi connectivity index (χ2n) is 9.76. The molecule has 4 aliphatic rings. The number of ketones is 2. The average Bonchev–Trinajstić information content (AvgIpc) is 2.88. The van der Waals surface area contributed by atoms with E-state index in [-0.39, 0.29) is 28.6 Å². The van der Waals surface area contributed by atoms with Crippen molar-refractivity contribution in [2.75, 3.05) is 0 Å². The summed E-state index contributed by atoms with van der Waals surface area (Å²) in [5, 5.41) is 11.1. The minimum absolute atomic E-state index is 0.0388. The molecule has 0 spiro atoms. The van der Waals surface area contributed by atoms with Gasteiger partial charge in [0.15, 0.2) is 0 Å². The van der Waals surface area contributed by atoms with E-state index in [2.05, 4.69) is 13.8 Å². The first kappa shape index (κ1) is 16.8. The molecule has 4 saturated carbocycles.